The highest BCUT2D eigenvalue weighted by Crippen LogP contribution is 2.64. The van der Waals surface area contributed by atoms with Gasteiger partial charge >= 0.3 is 0 Å². The molecule has 4 nitrogen and oxygen atoms in total. The Balaban J connectivity index is 0.000000239. The first-order valence-electron chi connectivity index (χ1n) is 23.2. The molecular weight excluding hydrogens is 827 g/mol. The minimum atomic E-state index is -0.422. The molecule has 12 aromatic rings. The molecule has 0 fully saturated rings. The maximum absolute atomic E-state index is 7.01. The topological polar surface area (TPSA) is 89.0 Å². The number of benzene rings is 11. The van der Waals surface area contributed by atoms with Gasteiger partial charge < -0.3 is 15.9 Å². The number of fused-ring (bicyclic) bond motifs is 13. The number of hydrogen-bond donors (Lipinski definition) is 3. The average molecular weight is 874 g/mol. The van der Waals surface area contributed by atoms with Gasteiger partial charge in [-0.2, -0.15) is 0 Å². The number of amidine groups is 1. The zero-order valence-corrected chi connectivity index (χ0v) is 37.6. The van der Waals surface area contributed by atoms with Crippen LogP contribution in [0.3, 0.4) is 0 Å². The van der Waals surface area contributed by atoms with Crippen LogP contribution in [-0.4, -0.2) is 5.84 Å². The van der Waals surface area contributed by atoms with E-state index in [1.165, 1.54) is 110 Å². The zero-order valence-electron chi connectivity index (χ0n) is 37.6. The Morgan fingerprint density at radius 3 is 1.63 bits per heavy atom. The van der Waals surface area contributed by atoms with E-state index in [4.69, 9.17) is 21.3 Å². The fourth-order valence-corrected chi connectivity index (χ4v) is 11.1. The molecule has 0 radical (unpaired) electrons. The molecule has 11 aromatic carbocycles. The second-order valence-corrected chi connectivity index (χ2v) is 17.9. The van der Waals surface area contributed by atoms with Crippen molar-refractivity contribution in [1.82, 2.24) is 0 Å². The van der Waals surface area contributed by atoms with Crippen molar-refractivity contribution in [3.05, 3.63) is 263 Å². The van der Waals surface area contributed by atoms with Crippen LogP contribution in [0.2, 0.25) is 0 Å². The summed E-state index contributed by atoms with van der Waals surface area (Å²) in [6.07, 6.45) is 0. The van der Waals surface area contributed by atoms with E-state index in [1.54, 1.807) is 0 Å². The van der Waals surface area contributed by atoms with Gasteiger partial charge in [-0.05, 0) is 125 Å². The molecule has 1 aromatic heterocycles. The van der Waals surface area contributed by atoms with Crippen molar-refractivity contribution in [2.24, 2.45) is 11.5 Å². The SMILES string of the molecule is Cc1cccc(-c2ccc3c(c2)C2(c4ccccc4-c4ccccc42)c2cccc(-c4ccc5c(c4)c4cccc6oc7cccc5c7c64)c2-3)c1.N=C(N)c1ccccc1.NCc1ccccc1. The fourth-order valence-electron chi connectivity index (χ4n) is 11.1. The van der Waals surface area contributed by atoms with E-state index in [9.17, 15) is 0 Å². The lowest BCUT2D eigenvalue weighted by Gasteiger charge is -2.31. The Morgan fingerprint density at radius 2 is 1.00 bits per heavy atom. The van der Waals surface area contributed by atoms with Gasteiger partial charge in [0, 0.05) is 22.9 Å². The minimum absolute atomic E-state index is 0.121. The summed E-state index contributed by atoms with van der Waals surface area (Å²) in [4.78, 5) is 0. The lowest BCUT2D eigenvalue weighted by Crippen LogP contribution is -2.25. The summed E-state index contributed by atoms with van der Waals surface area (Å²) in [6, 6.07) is 80.5. The van der Waals surface area contributed by atoms with Crippen LogP contribution in [0, 0.1) is 12.3 Å². The van der Waals surface area contributed by atoms with Crippen LogP contribution in [0.15, 0.2) is 229 Å². The number of furan rings is 1. The minimum Gasteiger partial charge on any atom is -0.456 e. The number of rotatable bonds is 4. The van der Waals surface area contributed by atoms with Gasteiger partial charge in [0.2, 0.25) is 0 Å². The highest BCUT2D eigenvalue weighted by Gasteiger charge is 2.52. The molecule has 0 bridgehead atoms. The number of nitrogens with one attached hydrogen (secondary N) is 1. The van der Waals surface area contributed by atoms with Crippen molar-refractivity contribution < 1.29 is 4.42 Å². The largest absolute Gasteiger partial charge is 0.456 e. The van der Waals surface area contributed by atoms with Crippen LogP contribution in [0.4, 0.5) is 0 Å². The van der Waals surface area contributed by atoms with Gasteiger partial charge in [0.05, 0.1) is 5.41 Å². The second-order valence-electron chi connectivity index (χ2n) is 17.9. The van der Waals surface area contributed by atoms with Gasteiger partial charge in [0.1, 0.15) is 17.0 Å². The molecular formula is C64H47N3O. The first-order chi connectivity index (χ1) is 33.4. The van der Waals surface area contributed by atoms with E-state index in [2.05, 4.69) is 171 Å². The normalized spacial score (nSPS) is 12.6. The summed E-state index contributed by atoms with van der Waals surface area (Å²) in [5, 5.41) is 14.5. The molecule has 0 saturated carbocycles. The van der Waals surface area contributed by atoms with Gasteiger partial charge in [-0.3, -0.25) is 5.41 Å². The van der Waals surface area contributed by atoms with E-state index in [0.717, 1.165) is 16.7 Å². The summed E-state index contributed by atoms with van der Waals surface area (Å²) in [6.45, 7) is 2.82. The smallest absolute Gasteiger partial charge is 0.136 e. The van der Waals surface area contributed by atoms with E-state index < -0.39 is 5.41 Å². The van der Waals surface area contributed by atoms with Crippen molar-refractivity contribution >= 4 is 49.3 Å². The summed E-state index contributed by atoms with van der Waals surface area (Å²) in [5.74, 6) is 0.121. The molecule has 5 N–H and O–H groups in total. The number of nitrogens with two attached hydrogens (primary N) is 2. The average Bonchev–Trinajstić information content (AvgIpc) is 4.04. The van der Waals surface area contributed by atoms with E-state index >= 15 is 0 Å². The third-order valence-electron chi connectivity index (χ3n) is 14.1. The highest BCUT2D eigenvalue weighted by molar-refractivity contribution is 6.33. The number of hydrogen-bond acceptors (Lipinski definition) is 3. The Hall–Kier alpha value is -8.57. The predicted molar refractivity (Wildman–Crippen MR) is 284 cm³/mol. The fraction of sp³-hybridized carbons (Fsp3) is 0.0469. The van der Waals surface area contributed by atoms with E-state index in [-0.39, 0.29) is 5.84 Å². The molecule has 0 aliphatic heterocycles. The van der Waals surface area contributed by atoms with Crippen molar-refractivity contribution in [2.75, 3.05) is 0 Å². The third kappa shape index (κ3) is 6.37. The quantitative estimate of drug-likeness (QED) is 0.0935. The lowest BCUT2D eigenvalue weighted by molar-refractivity contribution is 0.669. The molecule has 68 heavy (non-hydrogen) atoms. The van der Waals surface area contributed by atoms with Crippen LogP contribution in [-0.2, 0) is 12.0 Å². The van der Waals surface area contributed by atoms with Crippen LogP contribution in [0.1, 0.15) is 38.9 Å². The Bertz CT molecular complexity index is 3840. The maximum atomic E-state index is 7.01. The number of aryl methyl sites for hydroxylation is 1. The van der Waals surface area contributed by atoms with E-state index in [0.29, 0.717) is 6.54 Å². The summed E-state index contributed by atoms with van der Waals surface area (Å²) < 4.78 is 6.36. The Labute approximate surface area is 395 Å². The molecule has 2 aliphatic rings. The summed E-state index contributed by atoms with van der Waals surface area (Å²) in [5.41, 5.74) is 31.0. The monoisotopic (exact) mass is 873 g/mol. The lowest BCUT2D eigenvalue weighted by atomic mass is 9.70. The van der Waals surface area contributed by atoms with Gasteiger partial charge in [-0.25, -0.2) is 0 Å². The first-order valence-corrected chi connectivity index (χ1v) is 23.2. The highest BCUT2D eigenvalue weighted by atomic mass is 16.3. The summed E-state index contributed by atoms with van der Waals surface area (Å²) >= 11 is 0. The molecule has 1 spiro atoms. The molecule has 4 heteroatoms. The van der Waals surface area contributed by atoms with Crippen LogP contribution in [0.5, 0.6) is 0 Å². The van der Waals surface area contributed by atoms with Crippen LogP contribution >= 0.6 is 0 Å². The zero-order chi connectivity index (χ0) is 45.9. The third-order valence-corrected chi connectivity index (χ3v) is 14.1. The van der Waals surface area contributed by atoms with Gasteiger partial charge in [0.25, 0.3) is 0 Å². The van der Waals surface area contributed by atoms with Gasteiger partial charge in [-0.15, -0.1) is 0 Å². The van der Waals surface area contributed by atoms with E-state index in [1.807, 2.05) is 60.7 Å². The molecule has 2 aliphatic carbocycles. The number of nitrogen functional groups attached to an aromatic ring is 1. The Kier molecular flexibility index (Phi) is 9.86. The molecule has 0 atom stereocenters. The van der Waals surface area contributed by atoms with Crippen molar-refractivity contribution in [1.29, 1.82) is 5.41 Å². The van der Waals surface area contributed by atoms with Crippen molar-refractivity contribution in [3.8, 4) is 44.5 Å². The van der Waals surface area contributed by atoms with Gasteiger partial charge in [-0.1, -0.05) is 206 Å². The maximum Gasteiger partial charge on any atom is 0.136 e. The predicted octanol–water partition coefficient (Wildman–Crippen LogP) is 15.4. The second kappa shape index (κ2) is 16.4. The standard InChI is InChI=1S/C50H30O.C7H8N2.C7H9N/c1-29-10-6-11-30(26-29)31-22-25-39-44(28-31)50(41-17-4-2-12-35(41)36-13-3-5-18-42(36)50)43-19-7-14-33(47(39)43)32-23-24-34-37-15-8-20-45-48(37)49-38(40(34)27-32)16-9-21-46(49)51-45;8-7(9)6-4-2-1-3-5-6;8-6-7-4-2-1-3-5-7/h2-28H,1H3;1-5H,(H3,8,9);1-5H,6,8H2. The van der Waals surface area contributed by atoms with Crippen LogP contribution in [0.25, 0.3) is 88.0 Å². The summed E-state index contributed by atoms with van der Waals surface area (Å²) in [7, 11) is 0. The Morgan fingerprint density at radius 1 is 0.441 bits per heavy atom. The van der Waals surface area contributed by atoms with Gasteiger partial charge in [0.15, 0.2) is 0 Å². The molecule has 1 heterocycles. The molecule has 14 rings (SSSR count). The molecule has 0 unspecified atom stereocenters. The first kappa shape index (κ1) is 40.9. The van der Waals surface area contributed by atoms with Crippen LogP contribution < -0.4 is 11.5 Å². The molecule has 324 valence electrons. The molecule has 0 amide bonds. The molecule has 0 saturated heterocycles. The van der Waals surface area contributed by atoms with Crippen molar-refractivity contribution in [3.63, 3.8) is 0 Å². The van der Waals surface area contributed by atoms with Crippen molar-refractivity contribution in [2.45, 2.75) is 18.9 Å².